The number of aromatic nitrogens is 2. The van der Waals surface area contributed by atoms with E-state index in [1.54, 1.807) is 6.07 Å². The van der Waals surface area contributed by atoms with Gasteiger partial charge in [-0.3, -0.25) is 4.79 Å². The van der Waals surface area contributed by atoms with Gasteiger partial charge in [0, 0.05) is 49.8 Å². The highest BCUT2D eigenvalue weighted by molar-refractivity contribution is 5.92. The Bertz CT molecular complexity index is 813. The summed E-state index contributed by atoms with van der Waals surface area (Å²) in [5.41, 5.74) is 3.27. The second-order valence-electron chi connectivity index (χ2n) is 8.12. The largest absolute Gasteiger partial charge is 0.369 e. The van der Waals surface area contributed by atoms with Crippen molar-refractivity contribution in [1.82, 2.24) is 20.2 Å². The summed E-state index contributed by atoms with van der Waals surface area (Å²) in [5, 5.41) is 6.15. The summed E-state index contributed by atoms with van der Waals surface area (Å²) < 4.78 is 0. The van der Waals surface area contributed by atoms with Crippen molar-refractivity contribution in [2.45, 2.75) is 27.2 Å². The van der Waals surface area contributed by atoms with Crippen LogP contribution in [0, 0.1) is 12.8 Å². The van der Waals surface area contributed by atoms with Gasteiger partial charge in [0.15, 0.2) is 0 Å². The fourth-order valence-electron chi connectivity index (χ4n) is 3.26. The van der Waals surface area contributed by atoms with E-state index in [9.17, 15) is 4.79 Å². The van der Waals surface area contributed by atoms with Gasteiger partial charge < -0.3 is 20.4 Å². The van der Waals surface area contributed by atoms with E-state index in [2.05, 4.69) is 63.4 Å². The molecule has 1 saturated heterocycles. The molecule has 0 saturated carbocycles. The zero-order chi connectivity index (χ0) is 20.8. The molecule has 1 amide bonds. The molecule has 1 aromatic carbocycles. The third kappa shape index (κ3) is 6.15. The van der Waals surface area contributed by atoms with Gasteiger partial charge in [-0.1, -0.05) is 13.8 Å². The maximum absolute atomic E-state index is 12.4. The number of amides is 1. The van der Waals surface area contributed by atoms with Gasteiger partial charge >= 0.3 is 0 Å². The molecule has 3 rings (SSSR count). The first-order valence-corrected chi connectivity index (χ1v) is 10.3. The number of nitrogens with zero attached hydrogens (tertiary/aromatic N) is 4. The first-order chi connectivity index (χ1) is 13.9. The van der Waals surface area contributed by atoms with Crippen LogP contribution in [0.5, 0.6) is 0 Å². The SMILES string of the molecule is Cc1cc(C(=O)NCCC(C)C)nc(Nc2ccc(N3CCN(C)CC3)cc2)n1. The monoisotopic (exact) mass is 396 g/mol. The number of hydrogen-bond donors (Lipinski definition) is 2. The van der Waals surface area contributed by atoms with Gasteiger partial charge in [0.1, 0.15) is 5.69 Å². The fraction of sp³-hybridized carbons (Fsp3) is 0.500. The van der Waals surface area contributed by atoms with Crippen molar-refractivity contribution in [3.8, 4) is 0 Å². The number of hydrogen-bond acceptors (Lipinski definition) is 6. The molecule has 29 heavy (non-hydrogen) atoms. The fourth-order valence-corrected chi connectivity index (χ4v) is 3.26. The van der Waals surface area contributed by atoms with Crippen molar-refractivity contribution < 1.29 is 4.79 Å². The van der Waals surface area contributed by atoms with E-state index in [4.69, 9.17) is 0 Å². The lowest BCUT2D eigenvalue weighted by Crippen LogP contribution is -2.44. The topological polar surface area (TPSA) is 73.4 Å². The minimum atomic E-state index is -0.162. The van der Waals surface area contributed by atoms with E-state index in [1.165, 1.54) is 5.69 Å². The number of rotatable bonds is 7. The third-order valence-corrected chi connectivity index (χ3v) is 5.09. The molecule has 0 bridgehead atoms. The molecule has 0 aliphatic carbocycles. The van der Waals surface area contributed by atoms with Gasteiger partial charge in [-0.25, -0.2) is 9.97 Å². The van der Waals surface area contributed by atoms with Crippen LogP contribution in [0.25, 0.3) is 0 Å². The van der Waals surface area contributed by atoms with E-state index in [0.29, 0.717) is 24.1 Å². The Kier molecular flexibility index (Phi) is 7.04. The maximum atomic E-state index is 12.4. The van der Waals surface area contributed by atoms with Crippen molar-refractivity contribution in [3.63, 3.8) is 0 Å². The first kappa shape index (κ1) is 21.0. The Labute approximate surface area is 173 Å². The lowest BCUT2D eigenvalue weighted by Gasteiger charge is -2.34. The Morgan fingerprint density at radius 3 is 2.45 bits per heavy atom. The first-order valence-electron chi connectivity index (χ1n) is 10.3. The molecule has 1 fully saturated rings. The van der Waals surface area contributed by atoms with Gasteiger partial charge in [0.2, 0.25) is 5.95 Å². The van der Waals surface area contributed by atoms with E-state index >= 15 is 0 Å². The summed E-state index contributed by atoms with van der Waals surface area (Å²) in [6.07, 6.45) is 0.945. The summed E-state index contributed by atoms with van der Waals surface area (Å²) >= 11 is 0. The summed E-state index contributed by atoms with van der Waals surface area (Å²) in [6.45, 7) is 11.0. The predicted octanol–water partition coefficient (Wildman–Crippen LogP) is 3.06. The second kappa shape index (κ2) is 9.69. The molecule has 156 valence electrons. The normalized spacial score (nSPS) is 14.9. The van der Waals surface area contributed by atoms with E-state index in [-0.39, 0.29) is 5.91 Å². The van der Waals surface area contributed by atoms with Gasteiger partial charge in [-0.15, -0.1) is 0 Å². The van der Waals surface area contributed by atoms with E-state index < -0.39 is 0 Å². The number of nitrogens with one attached hydrogen (secondary N) is 2. The van der Waals surface area contributed by atoms with Crippen LogP contribution in [0.2, 0.25) is 0 Å². The molecule has 2 heterocycles. The highest BCUT2D eigenvalue weighted by atomic mass is 16.1. The third-order valence-electron chi connectivity index (χ3n) is 5.09. The van der Waals surface area contributed by atoms with Crippen LogP contribution < -0.4 is 15.5 Å². The van der Waals surface area contributed by atoms with Crippen LogP contribution in [-0.2, 0) is 0 Å². The number of carbonyl (C=O) groups is 1. The van der Waals surface area contributed by atoms with Crippen molar-refractivity contribution in [1.29, 1.82) is 0 Å². The predicted molar refractivity (Wildman–Crippen MR) is 118 cm³/mol. The molecule has 0 unspecified atom stereocenters. The molecule has 2 N–H and O–H groups in total. The molecular formula is C22H32N6O. The minimum absolute atomic E-state index is 0.162. The molecule has 1 aliphatic rings. The number of carbonyl (C=O) groups excluding carboxylic acids is 1. The Morgan fingerprint density at radius 1 is 1.10 bits per heavy atom. The summed E-state index contributed by atoms with van der Waals surface area (Å²) in [5.74, 6) is 0.824. The van der Waals surface area contributed by atoms with Crippen molar-refractivity contribution >= 4 is 23.2 Å². The number of benzene rings is 1. The highest BCUT2D eigenvalue weighted by Gasteiger charge is 2.14. The quantitative estimate of drug-likeness (QED) is 0.749. The molecular weight excluding hydrogens is 364 g/mol. The van der Waals surface area contributed by atoms with Crippen molar-refractivity contribution in [3.05, 3.63) is 41.7 Å². The summed E-state index contributed by atoms with van der Waals surface area (Å²) in [7, 11) is 2.16. The number of anilines is 3. The number of likely N-dealkylation sites (N-methyl/N-ethyl adjacent to an activating group) is 1. The van der Waals surface area contributed by atoms with E-state index in [0.717, 1.165) is 44.0 Å². The van der Waals surface area contributed by atoms with Crippen LogP contribution in [0.3, 0.4) is 0 Å². The molecule has 7 nitrogen and oxygen atoms in total. The Hall–Kier alpha value is -2.67. The molecule has 0 atom stereocenters. The average molecular weight is 397 g/mol. The second-order valence-corrected chi connectivity index (χ2v) is 8.12. The standard InChI is InChI=1S/C22H32N6O/c1-16(2)9-10-23-21(29)20-15-17(3)24-22(26-20)25-18-5-7-19(8-6-18)28-13-11-27(4)12-14-28/h5-8,15-16H,9-14H2,1-4H3,(H,23,29)(H,24,25,26). The average Bonchev–Trinajstić information content (AvgIpc) is 2.68. The molecule has 1 aliphatic heterocycles. The van der Waals surface area contributed by atoms with Crippen LogP contribution in [-0.4, -0.2) is 60.5 Å². The lowest BCUT2D eigenvalue weighted by atomic mass is 10.1. The number of piperazine rings is 1. The maximum Gasteiger partial charge on any atom is 0.270 e. The lowest BCUT2D eigenvalue weighted by molar-refractivity contribution is 0.0947. The van der Waals surface area contributed by atoms with Crippen LogP contribution >= 0.6 is 0 Å². The summed E-state index contributed by atoms with van der Waals surface area (Å²) in [4.78, 5) is 25.9. The van der Waals surface area contributed by atoms with Crippen molar-refractivity contribution in [2.24, 2.45) is 5.92 Å². The molecule has 1 aromatic heterocycles. The Balaban J connectivity index is 1.63. The van der Waals surface area contributed by atoms with Gasteiger partial charge in [-0.05, 0) is 56.6 Å². The van der Waals surface area contributed by atoms with Crippen LogP contribution in [0.1, 0.15) is 36.5 Å². The molecule has 2 aromatic rings. The zero-order valence-electron chi connectivity index (χ0n) is 17.9. The zero-order valence-corrected chi connectivity index (χ0v) is 17.9. The van der Waals surface area contributed by atoms with Crippen LogP contribution in [0.15, 0.2) is 30.3 Å². The molecule has 0 radical (unpaired) electrons. The number of aryl methyl sites for hydroxylation is 1. The van der Waals surface area contributed by atoms with Crippen molar-refractivity contribution in [2.75, 3.05) is 50.0 Å². The van der Waals surface area contributed by atoms with E-state index in [1.807, 2.05) is 19.1 Å². The highest BCUT2D eigenvalue weighted by Crippen LogP contribution is 2.21. The minimum Gasteiger partial charge on any atom is -0.369 e. The smallest absolute Gasteiger partial charge is 0.270 e. The Morgan fingerprint density at radius 2 is 1.79 bits per heavy atom. The van der Waals surface area contributed by atoms with Gasteiger partial charge in [-0.2, -0.15) is 0 Å². The molecule has 0 spiro atoms. The van der Waals surface area contributed by atoms with Gasteiger partial charge in [0.25, 0.3) is 5.91 Å². The molecule has 7 heteroatoms. The van der Waals surface area contributed by atoms with Crippen LogP contribution in [0.4, 0.5) is 17.3 Å². The summed E-state index contributed by atoms with van der Waals surface area (Å²) in [6, 6.07) is 10.0. The van der Waals surface area contributed by atoms with Gasteiger partial charge in [0.05, 0.1) is 0 Å².